The molecule has 1 aliphatic heterocycles. The number of alkyl halides is 6. The molecule has 0 bridgehead atoms. The second-order valence-electron chi connectivity index (χ2n) is 13.3. The number of rotatable bonds is 11. The third-order valence-corrected chi connectivity index (χ3v) is 9.84. The van der Waals surface area contributed by atoms with Crippen LogP contribution >= 0.6 is 0 Å². The van der Waals surface area contributed by atoms with Gasteiger partial charge in [0.05, 0.1) is 34.7 Å². The minimum atomic E-state index is -4.96. The fourth-order valence-corrected chi connectivity index (χ4v) is 6.23. The molecule has 0 radical (unpaired) electrons. The van der Waals surface area contributed by atoms with Gasteiger partial charge in [0.25, 0.3) is 11.5 Å². The Morgan fingerprint density at radius 1 is 1.00 bits per heavy atom. The quantitative estimate of drug-likeness (QED) is 0.126. The average molecular weight is 726 g/mol. The lowest BCUT2D eigenvalue weighted by Crippen LogP contribution is -2.49. The van der Waals surface area contributed by atoms with Crippen LogP contribution in [-0.4, -0.2) is 87.0 Å². The number of hydrogen-bond donors (Lipinski definition) is 1. The molecule has 0 aliphatic carbocycles. The monoisotopic (exact) mass is 725 g/mol. The normalized spacial score (nSPS) is 15.1. The summed E-state index contributed by atoms with van der Waals surface area (Å²) in [5, 5.41) is 7.27. The Morgan fingerprint density at radius 3 is 2.30 bits per heavy atom. The lowest BCUT2D eigenvalue weighted by Gasteiger charge is -2.34. The van der Waals surface area contributed by atoms with Gasteiger partial charge in [0.15, 0.2) is 0 Å². The average Bonchev–Trinajstić information content (AvgIpc) is 3.40. The Hall–Kier alpha value is -4.52. The number of nitrogens with one attached hydrogen (secondary N) is 1. The summed E-state index contributed by atoms with van der Waals surface area (Å²) in [6.07, 6.45) is -2.44. The maximum absolute atomic E-state index is 14.1. The van der Waals surface area contributed by atoms with Crippen LogP contribution in [0.3, 0.4) is 0 Å². The minimum Gasteiger partial charge on any atom is -0.379 e. The molecular weight excluding hydrogens is 688 g/mol. The van der Waals surface area contributed by atoms with Gasteiger partial charge in [0.2, 0.25) is 5.95 Å². The third-order valence-electron chi connectivity index (χ3n) is 8.14. The Labute approximate surface area is 284 Å². The van der Waals surface area contributed by atoms with E-state index in [1.165, 1.54) is 6.20 Å². The van der Waals surface area contributed by atoms with Gasteiger partial charge >= 0.3 is 12.4 Å². The highest BCUT2D eigenvalue weighted by Gasteiger charge is 2.39. The fraction of sp³-hybridized carbons (Fsp3) is 0.484. The molecule has 1 unspecified atom stereocenters. The molecule has 4 aromatic rings. The van der Waals surface area contributed by atoms with Crippen molar-refractivity contribution < 1.29 is 35.9 Å². The van der Waals surface area contributed by atoms with Gasteiger partial charge in [-0.1, -0.05) is 19.6 Å². The first-order valence-electron chi connectivity index (χ1n) is 15.8. The van der Waals surface area contributed by atoms with Gasteiger partial charge < -0.3 is 24.4 Å². The number of ether oxygens (including phenoxy) is 1. The number of anilines is 2. The highest BCUT2D eigenvalue weighted by molar-refractivity contribution is 6.76. The summed E-state index contributed by atoms with van der Waals surface area (Å²) in [7, 11) is -1.44. The van der Waals surface area contributed by atoms with Crippen molar-refractivity contribution in [3.8, 4) is 0 Å². The first-order valence-corrected chi connectivity index (χ1v) is 19.5. The van der Waals surface area contributed by atoms with Crippen LogP contribution in [0, 0.1) is 0 Å². The zero-order chi connectivity index (χ0) is 36.4. The van der Waals surface area contributed by atoms with E-state index in [0.717, 1.165) is 24.6 Å². The maximum atomic E-state index is 14.1. The van der Waals surface area contributed by atoms with Gasteiger partial charge in [-0.15, -0.1) is 0 Å². The second kappa shape index (κ2) is 14.4. The number of carbonyl (C=O) groups is 1. The molecule has 270 valence electrons. The molecule has 0 aromatic carbocycles. The van der Waals surface area contributed by atoms with E-state index >= 15 is 0 Å². The Balaban J connectivity index is 1.28. The molecule has 1 saturated heterocycles. The van der Waals surface area contributed by atoms with Crippen molar-refractivity contribution >= 4 is 36.5 Å². The van der Waals surface area contributed by atoms with E-state index < -0.39 is 55.6 Å². The SMILES string of the molecule is CC(Cn1cc(C(=O)N2CCN(c3ncc(C(F)(F)F)cn3)CC2)c2ccncc21)Nc1cnn(COCC[Si](C)(C)C)c(=O)c1C(F)(F)F. The number of nitrogens with zero attached hydrogens (tertiary/aromatic N) is 8. The molecular formula is C31H37F6N9O3Si. The van der Waals surface area contributed by atoms with Crippen LogP contribution in [0.5, 0.6) is 0 Å². The Bertz CT molecular complexity index is 1870. The van der Waals surface area contributed by atoms with Crippen LogP contribution in [-0.2, 0) is 30.4 Å². The third kappa shape index (κ3) is 8.61. The van der Waals surface area contributed by atoms with E-state index in [0.29, 0.717) is 27.8 Å². The molecule has 50 heavy (non-hydrogen) atoms. The predicted octanol–water partition coefficient (Wildman–Crippen LogP) is 5.20. The summed E-state index contributed by atoms with van der Waals surface area (Å²) in [6, 6.07) is 1.78. The van der Waals surface area contributed by atoms with Gasteiger partial charge in [0, 0.05) is 83.6 Å². The predicted molar refractivity (Wildman–Crippen MR) is 176 cm³/mol. The lowest BCUT2D eigenvalue weighted by atomic mass is 10.1. The summed E-state index contributed by atoms with van der Waals surface area (Å²) in [5.41, 5.74) is -3.22. The summed E-state index contributed by atoms with van der Waals surface area (Å²) >= 11 is 0. The van der Waals surface area contributed by atoms with Crippen molar-refractivity contribution in [2.45, 2.75) is 64.3 Å². The molecule has 1 N–H and O–H groups in total. The van der Waals surface area contributed by atoms with E-state index in [1.54, 1.807) is 39.8 Å². The lowest BCUT2D eigenvalue weighted by molar-refractivity contribution is -0.139. The van der Waals surface area contributed by atoms with E-state index in [4.69, 9.17) is 4.74 Å². The fourth-order valence-electron chi connectivity index (χ4n) is 5.47. The van der Waals surface area contributed by atoms with Gasteiger partial charge in [0.1, 0.15) is 12.3 Å². The molecule has 0 saturated carbocycles. The minimum absolute atomic E-state index is 0.106. The molecule has 19 heteroatoms. The summed E-state index contributed by atoms with van der Waals surface area (Å²) in [5.74, 6) is -0.172. The number of halogens is 6. The highest BCUT2D eigenvalue weighted by atomic mass is 28.3. The number of amides is 1. The smallest absolute Gasteiger partial charge is 0.379 e. The van der Waals surface area contributed by atoms with Crippen molar-refractivity contribution in [2.75, 3.05) is 43.0 Å². The molecule has 0 spiro atoms. The van der Waals surface area contributed by atoms with E-state index in [9.17, 15) is 35.9 Å². The first kappa shape index (κ1) is 36.7. The zero-order valence-electron chi connectivity index (χ0n) is 27.8. The van der Waals surface area contributed by atoms with Gasteiger partial charge in [-0.25, -0.2) is 14.6 Å². The number of fused-ring (bicyclic) bond motifs is 1. The number of pyridine rings is 1. The Morgan fingerprint density at radius 2 is 1.68 bits per heavy atom. The standard InChI is InChI=1S/C31H37F6N9O3Si/c1-20(42-24-15-41-46(19-49-11-12-50(2,3)4)28(48)26(24)31(35,36)37)17-45-18-23(22-5-6-38-16-25(22)45)27(47)43-7-9-44(10-8-43)29-39-13-21(14-40-29)30(32,33)34/h5-6,13-16,18,20,42H,7-12,17,19H2,1-4H3. The van der Waals surface area contributed by atoms with E-state index in [2.05, 4.69) is 45.0 Å². The van der Waals surface area contributed by atoms with E-state index in [1.807, 2.05) is 0 Å². The van der Waals surface area contributed by atoms with Gasteiger partial charge in [-0.2, -0.15) is 31.4 Å². The van der Waals surface area contributed by atoms with Crippen LogP contribution in [0.2, 0.25) is 25.7 Å². The van der Waals surface area contributed by atoms with Crippen molar-refractivity contribution in [2.24, 2.45) is 0 Å². The van der Waals surface area contributed by atoms with Crippen LogP contribution in [0.25, 0.3) is 10.9 Å². The molecule has 4 aromatic heterocycles. The second-order valence-corrected chi connectivity index (χ2v) is 18.9. The van der Waals surface area contributed by atoms with Crippen LogP contribution in [0.4, 0.5) is 38.0 Å². The summed E-state index contributed by atoms with van der Waals surface area (Å²) in [6.45, 7) is 9.11. The number of carbonyl (C=O) groups excluding carboxylic acids is 1. The van der Waals surface area contributed by atoms with Crippen molar-refractivity contribution in [1.82, 2.24) is 34.2 Å². The van der Waals surface area contributed by atoms with Crippen molar-refractivity contribution in [3.63, 3.8) is 0 Å². The molecule has 5 rings (SSSR count). The molecule has 1 aliphatic rings. The number of hydrogen-bond acceptors (Lipinski definition) is 9. The summed E-state index contributed by atoms with van der Waals surface area (Å²) in [4.78, 5) is 41.7. The van der Waals surface area contributed by atoms with Crippen LogP contribution in [0.1, 0.15) is 28.4 Å². The van der Waals surface area contributed by atoms with Gasteiger partial charge in [-0.3, -0.25) is 14.6 Å². The molecule has 12 nitrogen and oxygen atoms in total. The number of piperazine rings is 1. The van der Waals surface area contributed by atoms with Gasteiger partial charge in [-0.05, 0) is 19.0 Å². The van der Waals surface area contributed by atoms with E-state index in [-0.39, 0.29) is 44.6 Å². The largest absolute Gasteiger partial charge is 0.423 e. The molecule has 1 atom stereocenters. The molecule has 1 amide bonds. The highest BCUT2D eigenvalue weighted by Crippen LogP contribution is 2.33. The zero-order valence-corrected chi connectivity index (χ0v) is 28.8. The Kier molecular flexibility index (Phi) is 10.6. The molecule has 1 fully saturated rings. The topological polar surface area (TPSA) is 123 Å². The van der Waals surface area contributed by atoms with Crippen LogP contribution in [0.15, 0.2) is 48.0 Å². The van der Waals surface area contributed by atoms with Crippen LogP contribution < -0.4 is 15.8 Å². The van der Waals surface area contributed by atoms with Crippen molar-refractivity contribution in [3.05, 3.63) is 70.3 Å². The molecule has 5 heterocycles. The number of aromatic nitrogens is 6. The van der Waals surface area contributed by atoms with Crippen molar-refractivity contribution in [1.29, 1.82) is 0 Å². The maximum Gasteiger partial charge on any atom is 0.423 e. The summed E-state index contributed by atoms with van der Waals surface area (Å²) < 4.78 is 88.9. The first-order chi connectivity index (χ1) is 23.4.